The summed E-state index contributed by atoms with van der Waals surface area (Å²) in [5.41, 5.74) is 4.91. The second-order valence-corrected chi connectivity index (χ2v) is 8.84. The number of hydrogen-bond acceptors (Lipinski definition) is 4. The highest BCUT2D eigenvalue weighted by molar-refractivity contribution is 5.70. The van der Waals surface area contributed by atoms with Gasteiger partial charge in [0.25, 0.3) is 0 Å². The number of benzene rings is 2. The third-order valence-corrected chi connectivity index (χ3v) is 5.75. The first-order chi connectivity index (χ1) is 15.7. The van der Waals surface area contributed by atoms with Gasteiger partial charge in [0, 0.05) is 0 Å². The maximum Gasteiger partial charge on any atom is 0.0992 e. The molecule has 4 nitrogen and oxygen atoms in total. The van der Waals surface area contributed by atoms with Crippen molar-refractivity contribution in [3.63, 3.8) is 0 Å². The molecule has 0 heterocycles. The lowest BCUT2D eigenvalue weighted by atomic mass is 9.96. The molecule has 4 heteroatoms. The van der Waals surface area contributed by atoms with Gasteiger partial charge in [0.05, 0.1) is 26.7 Å². The van der Waals surface area contributed by atoms with E-state index < -0.39 is 0 Å². The van der Waals surface area contributed by atoms with Gasteiger partial charge >= 0.3 is 0 Å². The van der Waals surface area contributed by atoms with Crippen LogP contribution < -0.4 is 0 Å². The van der Waals surface area contributed by atoms with Crippen LogP contribution in [-0.2, 0) is 22.7 Å². The van der Waals surface area contributed by atoms with Gasteiger partial charge in [-0.2, -0.15) is 0 Å². The fourth-order valence-corrected chi connectivity index (χ4v) is 3.83. The SMILES string of the molecule is CCCCCN(C)COCc1ccccc1-c1ccccc1COCN(C)CCCCC. The van der Waals surface area contributed by atoms with E-state index in [4.69, 9.17) is 9.47 Å². The summed E-state index contributed by atoms with van der Waals surface area (Å²) in [5.74, 6) is 0. The second kappa shape index (κ2) is 16.0. The molecule has 0 unspecified atom stereocenters. The molecule has 32 heavy (non-hydrogen) atoms. The normalized spacial score (nSPS) is 11.6. The quantitative estimate of drug-likeness (QED) is 0.206. The molecule has 0 N–H and O–H groups in total. The van der Waals surface area contributed by atoms with Crippen molar-refractivity contribution in [1.29, 1.82) is 0 Å². The number of unbranched alkanes of at least 4 members (excludes halogenated alkanes) is 4. The molecule has 0 amide bonds. The number of ether oxygens (including phenoxy) is 2. The predicted molar refractivity (Wildman–Crippen MR) is 136 cm³/mol. The standard InChI is InChI=1S/C28H44N2O2/c1-5-7-13-19-29(3)23-31-21-25-15-9-11-17-27(25)28-18-12-10-16-26(28)22-32-24-30(4)20-14-8-6-2/h9-12,15-18H,5-8,13-14,19-24H2,1-4H3. The monoisotopic (exact) mass is 440 g/mol. The Labute approximate surface area is 196 Å². The Morgan fingerprint density at radius 3 is 1.41 bits per heavy atom. The molecule has 0 saturated carbocycles. The molecule has 2 aromatic rings. The Balaban J connectivity index is 1.94. The first-order valence-electron chi connectivity index (χ1n) is 12.3. The Bertz CT molecular complexity index is 686. The lowest BCUT2D eigenvalue weighted by Crippen LogP contribution is -2.23. The Kier molecular flexibility index (Phi) is 13.2. The smallest absolute Gasteiger partial charge is 0.0992 e. The zero-order valence-electron chi connectivity index (χ0n) is 20.8. The van der Waals surface area contributed by atoms with Crippen LogP contribution in [-0.4, -0.2) is 50.4 Å². The van der Waals surface area contributed by atoms with Gasteiger partial charge in [0.2, 0.25) is 0 Å². The molecule has 0 atom stereocenters. The van der Waals surface area contributed by atoms with Crippen molar-refractivity contribution in [1.82, 2.24) is 9.80 Å². The summed E-state index contributed by atoms with van der Waals surface area (Å²) < 4.78 is 12.1. The van der Waals surface area contributed by atoms with E-state index >= 15 is 0 Å². The minimum atomic E-state index is 0.615. The molecule has 178 valence electrons. The lowest BCUT2D eigenvalue weighted by Gasteiger charge is -2.19. The van der Waals surface area contributed by atoms with Crippen molar-refractivity contribution in [2.45, 2.75) is 65.6 Å². The molecule has 0 aliphatic rings. The first-order valence-corrected chi connectivity index (χ1v) is 12.3. The van der Waals surface area contributed by atoms with Crippen LogP contribution in [0.1, 0.15) is 63.5 Å². The summed E-state index contributed by atoms with van der Waals surface area (Å²) in [5, 5.41) is 0. The van der Waals surface area contributed by atoms with E-state index in [1.54, 1.807) is 0 Å². The van der Waals surface area contributed by atoms with Gasteiger partial charge in [0.1, 0.15) is 0 Å². The van der Waals surface area contributed by atoms with Gasteiger partial charge in [-0.1, -0.05) is 88.1 Å². The molecule has 2 aromatic carbocycles. The van der Waals surface area contributed by atoms with Crippen LogP contribution in [0.2, 0.25) is 0 Å². The molecule has 0 saturated heterocycles. The maximum absolute atomic E-state index is 6.06. The van der Waals surface area contributed by atoms with E-state index in [9.17, 15) is 0 Å². The fraction of sp³-hybridized carbons (Fsp3) is 0.571. The second-order valence-electron chi connectivity index (χ2n) is 8.84. The average molecular weight is 441 g/mol. The van der Waals surface area contributed by atoms with Crippen LogP contribution in [0.5, 0.6) is 0 Å². The number of nitrogens with zero attached hydrogens (tertiary/aromatic N) is 2. The Morgan fingerprint density at radius 1 is 0.594 bits per heavy atom. The summed E-state index contributed by atoms with van der Waals surface area (Å²) in [7, 11) is 4.26. The highest BCUT2D eigenvalue weighted by Crippen LogP contribution is 2.28. The van der Waals surface area contributed by atoms with Gasteiger partial charge in [0.15, 0.2) is 0 Å². The largest absolute Gasteiger partial charge is 0.361 e. The predicted octanol–water partition coefficient (Wildman–Crippen LogP) is 6.55. The highest BCUT2D eigenvalue weighted by Gasteiger charge is 2.10. The summed E-state index contributed by atoms with van der Waals surface area (Å²) in [6, 6.07) is 17.1. The molecular weight excluding hydrogens is 396 g/mol. The number of hydrogen-bond donors (Lipinski definition) is 0. The third-order valence-electron chi connectivity index (χ3n) is 5.75. The van der Waals surface area contributed by atoms with Crippen LogP contribution in [0.3, 0.4) is 0 Å². The van der Waals surface area contributed by atoms with Crippen molar-refractivity contribution in [2.24, 2.45) is 0 Å². The van der Waals surface area contributed by atoms with Crippen molar-refractivity contribution < 1.29 is 9.47 Å². The first kappa shape index (κ1) is 26.5. The van der Waals surface area contributed by atoms with E-state index in [2.05, 4.69) is 86.3 Å². The van der Waals surface area contributed by atoms with Gasteiger partial charge in [-0.15, -0.1) is 0 Å². The summed E-state index contributed by atoms with van der Waals surface area (Å²) in [4.78, 5) is 4.52. The van der Waals surface area contributed by atoms with Crippen molar-refractivity contribution in [3.8, 4) is 11.1 Å². The fourth-order valence-electron chi connectivity index (χ4n) is 3.83. The summed E-state index contributed by atoms with van der Waals surface area (Å²) in [6.45, 7) is 9.20. The van der Waals surface area contributed by atoms with Crippen LogP contribution in [0.25, 0.3) is 11.1 Å². The third kappa shape index (κ3) is 9.83. The Morgan fingerprint density at radius 2 is 1.00 bits per heavy atom. The highest BCUT2D eigenvalue weighted by atomic mass is 16.5. The molecule has 0 fully saturated rings. The molecule has 0 aromatic heterocycles. The zero-order valence-corrected chi connectivity index (χ0v) is 20.8. The van der Waals surface area contributed by atoms with E-state index in [0.717, 1.165) is 13.1 Å². The van der Waals surface area contributed by atoms with Crippen LogP contribution >= 0.6 is 0 Å². The van der Waals surface area contributed by atoms with E-state index in [1.807, 2.05) is 0 Å². The van der Waals surface area contributed by atoms with Gasteiger partial charge in [-0.25, -0.2) is 0 Å². The van der Waals surface area contributed by atoms with E-state index in [1.165, 1.54) is 60.8 Å². The number of rotatable bonds is 17. The van der Waals surface area contributed by atoms with Gasteiger partial charge < -0.3 is 9.47 Å². The van der Waals surface area contributed by atoms with Crippen LogP contribution in [0.15, 0.2) is 48.5 Å². The lowest BCUT2D eigenvalue weighted by molar-refractivity contribution is 0.0312. The van der Waals surface area contributed by atoms with E-state index in [-0.39, 0.29) is 0 Å². The molecule has 0 aliphatic carbocycles. The molecule has 0 bridgehead atoms. The minimum absolute atomic E-state index is 0.615. The molecule has 2 rings (SSSR count). The average Bonchev–Trinajstić information content (AvgIpc) is 2.80. The maximum atomic E-state index is 6.06. The summed E-state index contributed by atoms with van der Waals surface area (Å²) in [6.07, 6.45) is 7.52. The topological polar surface area (TPSA) is 24.9 Å². The molecule has 0 radical (unpaired) electrons. The van der Waals surface area contributed by atoms with Crippen molar-refractivity contribution in [3.05, 3.63) is 59.7 Å². The minimum Gasteiger partial charge on any atom is -0.361 e. The van der Waals surface area contributed by atoms with Gasteiger partial charge in [-0.3, -0.25) is 9.80 Å². The molecular formula is C28H44N2O2. The molecule has 0 spiro atoms. The Hall–Kier alpha value is -1.72. The van der Waals surface area contributed by atoms with Crippen LogP contribution in [0, 0.1) is 0 Å². The summed E-state index contributed by atoms with van der Waals surface area (Å²) >= 11 is 0. The van der Waals surface area contributed by atoms with Crippen LogP contribution in [0.4, 0.5) is 0 Å². The molecule has 0 aliphatic heterocycles. The van der Waals surface area contributed by atoms with E-state index in [0.29, 0.717) is 26.7 Å². The van der Waals surface area contributed by atoms with Gasteiger partial charge in [-0.05, 0) is 62.3 Å². The van der Waals surface area contributed by atoms with Crippen molar-refractivity contribution in [2.75, 3.05) is 40.6 Å². The zero-order chi connectivity index (χ0) is 23.0. The van der Waals surface area contributed by atoms with Crippen molar-refractivity contribution >= 4 is 0 Å².